The highest BCUT2D eigenvalue weighted by atomic mass is 35.5. The summed E-state index contributed by atoms with van der Waals surface area (Å²) in [6.07, 6.45) is 0. The van der Waals surface area contributed by atoms with E-state index in [1.165, 1.54) is 0 Å². The van der Waals surface area contributed by atoms with Crippen LogP contribution in [0.3, 0.4) is 0 Å². The Morgan fingerprint density at radius 1 is 1.12 bits per heavy atom. The molecule has 1 aromatic carbocycles. The van der Waals surface area contributed by atoms with Gasteiger partial charge in [0.1, 0.15) is 5.82 Å². The zero-order valence-corrected chi connectivity index (χ0v) is 10.8. The van der Waals surface area contributed by atoms with E-state index in [-0.39, 0.29) is 0 Å². The maximum atomic E-state index is 6.14. The van der Waals surface area contributed by atoms with E-state index in [0.29, 0.717) is 0 Å². The number of aromatic nitrogens is 1. The molecule has 0 spiro atoms. The third-order valence-electron chi connectivity index (χ3n) is 2.63. The molecule has 2 aromatic rings. The summed E-state index contributed by atoms with van der Waals surface area (Å²) in [4.78, 5) is 6.57. The lowest BCUT2D eigenvalue weighted by molar-refractivity contribution is 0.892. The van der Waals surface area contributed by atoms with Crippen LogP contribution in [0.2, 0.25) is 5.02 Å². The van der Waals surface area contributed by atoms with Crippen LogP contribution in [-0.4, -0.2) is 12.0 Å². The predicted octanol–water partition coefficient (Wildman–Crippen LogP) is 3.68. The van der Waals surface area contributed by atoms with Gasteiger partial charge in [0.25, 0.3) is 0 Å². The van der Waals surface area contributed by atoms with Crippen molar-refractivity contribution in [2.45, 2.75) is 13.5 Å². The summed E-state index contributed by atoms with van der Waals surface area (Å²) >= 11 is 6.14. The molecule has 88 valence electrons. The molecular weight excluding hydrogens is 232 g/mol. The molecule has 0 fully saturated rings. The van der Waals surface area contributed by atoms with Gasteiger partial charge in [-0.2, -0.15) is 0 Å². The van der Waals surface area contributed by atoms with Crippen molar-refractivity contribution in [3.63, 3.8) is 0 Å². The molecular formula is C14H15ClN2. The molecule has 1 aromatic heterocycles. The van der Waals surface area contributed by atoms with Gasteiger partial charge in [-0.1, -0.05) is 35.9 Å². The number of aryl methyl sites for hydroxylation is 1. The van der Waals surface area contributed by atoms with Crippen LogP contribution in [0.25, 0.3) is 0 Å². The first-order valence-electron chi connectivity index (χ1n) is 5.55. The fourth-order valence-electron chi connectivity index (χ4n) is 1.70. The monoisotopic (exact) mass is 246 g/mol. The Bertz CT molecular complexity index is 511. The highest BCUT2D eigenvalue weighted by Gasteiger charge is 2.05. The molecule has 0 saturated carbocycles. The standard InChI is InChI=1S/C14H15ClN2/c1-11-6-5-9-14(16-11)17(2)10-12-7-3-4-8-13(12)15/h3-9H,10H2,1-2H3. The summed E-state index contributed by atoms with van der Waals surface area (Å²) in [6.45, 7) is 2.75. The summed E-state index contributed by atoms with van der Waals surface area (Å²) in [5, 5.41) is 0.798. The molecule has 17 heavy (non-hydrogen) atoms. The molecule has 0 atom stereocenters. The van der Waals surface area contributed by atoms with Gasteiger partial charge in [-0.05, 0) is 30.7 Å². The summed E-state index contributed by atoms with van der Waals surface area (Å²) in [6, 6.07) is 13.9. The van der Waals surface area contributed by atoms with E-state index in [1.807, 2.05) is 56.4 Å². The van der Waals surface area contributed by atoms with Crippen molar-refractivity contribution < 1.29 is 0 Å². The lowest BCUT2D eigenvalue weighted by Crippen LogP contribution is -2.18. The summed E-state index contributed by atoms with van der Waals surface area (Å²) in [5.41, 5.74) is 2.13. The average molecular weight is 247 g/mol. The first-order chi connectivity index (χ1) is 8.16. The van der Waals surface area contributed by atoms with Gasteiger partial charge in [0.05, 0.1) is 0 Å². The smallest absolute Gasteiger partial charge is 0.128 e. The molecule has 2 rings (SSSR count). The highest BCUT2D eigenvalue weighted by Crippen LogP contribution is 2.19. The van der Waals surface area contributed by atoms with Gasteiger partial charge in [-0.3, -0.25) is 0 Å². The van der Waals surface area contributed by atoms with Crippen LogP contribution in [-0.2, 0) is 6.54 Å². The molecule has 0 saturated heterocycles. The second-order valence-electron chi connectivity index (χ2n) is 4.08. The normalized spacial score (nSPS) is 10.3. The number of anilines is 1. The topological polar surface area (TPSA) is 16.1 Å². The van der Waals surface area contributed by atoms with Crippen molar-refractivity contribution in [2.24, 2.45) is 0 Å². The van der Waals surface area contributed by atoms with Crippen molar-refractivity contribution in [3.8, 4) is 0 Å². The molecule has 0 bridgehead atoms. The van der Waals surface area contributed by atoms with Crippen LogP contribution in [0, 0.1) is 6.92 Å². The van der Waals surface area contributed by atoms with Gasteiger partial charge in [0.2, 0.25) is 0 Å². The molecule has 0 aliphatic heterocycles. The molecule has 3 heteroatoms. The summed E-state index contributed by atoms with van der Waals surface area (Å²) in [7, 11) is 2.02. The SMILES string of the molecule is Cc1cccc(N(C)Cc2ccccc2Cl)n1. The summed E-state index contributed by atoms with van der Waals surface area (Å²) in [5.74, 6) is 0.963. The Morgan fingerprint density at radius 2 is 1.88 bits per heavy atom. The Labute approximate surface area is 107 Å². The van der Waals surface area contributed by atoms with Crippen molar-refractivity contribution in [1.82, 2.24) is 4.98 Å². The van der Waals surface area contributed by atoms with E-state index in [0.717, 1.165) is 28.6 Å². The van der Waals surface area contributed by atoms with Crippen LogP contribution < -0.4 is 4.90 Å². The number of hydrogen-bond acceptors (Lipinski definition) is 2. The number of halogens is 1. The van der Waals surface area contributed by atoms with Gasteiger partial charge >= 0.3 is 0 Å². The predicted molar refractivity (Wildman–Crippen MR) is 72.5 cm³/mol. The largest absolute Gasteiger partial charge is 0.355 e. The molecule has 1 heterocycles. The molecule has 0 N–H and O–H groups in total. The lowest BCUT2D eigenvalue weighted by atomic mass is 10.2. The van der Waals surface area contributed by atoms with E-state index < -0.39 is 0 Å². The lowest BCUT2D eigenvalue weighted by Gasteiger charge is -2.19. The Kier molecular flexibility index (Phi) is 3.64. The fraction of sp³-hybridized carbons (Fsp3) is 0.214. The van der Waals surface area contributed by atoms with Crippen LogP contribution in [0.1, 0.15) is 11.3 Å². The maximum Gasteiger partial charge on any atom is 0.128 e. The number of benzene rings is 1. The minimum Gasteiger partial charge on any atom is -0.355 e. The van der Waals surface area contributed by atoms with Crippen molar-refractivity contribution >= 4 is 17.4 Å². The average Bonchev–Trinajstić information content (AvgIpc) is 2.32. The van der Waals surface area contributed by atoms with Crippen molar-refractivity contribution in [2.75, 3.05) is 11.9 Å². The Morgan fingerprint density at radius 3 is 2.59 bits per heavy atom. The second kappa shape index (κ2) is 5.19. The quantitative estimate of drug-likeness (QED) is 0.821. The fourth-order valence-corrected chi connectivity index (χ4v) is 1.90. The van der Waals surface area contributed by atoms with E-state index in [1.54, 1.807) is 0 Å². The molecule has 0 aliphatic carbocycles. The van der Waals surface area contributed by atoms with Crippen LogP contribution in [0.5, 0.6) is 0 Å². The van der Waals surface area contributed by atoms with E-state index in [9.17, 15) is 0 Å². The van der Waals surface area contributed by atoms with Gasteiger partial charge in [0.15, 0.2) is 0 Å². The van der Waals surface area contributed by atoms with Crippen LogP contribution in [0.4, 0.5) is 5.82 Å². The van der Waals surface area contributed by atoms with E-state index in [4.69, 9.17) is 11.6 Å². The van der Waals surface area contributed by atoms with Gasteiger partial charge < -0.3 is 4.90 Å². The van der Waals surface area contributed by atoms with Crippen molar-refractivity contribution in [3.05, 3.63) is 58.7 Å². The number of pyridine rings is 1. The molecule has 0 radical (unpaired) electrons. The second-order valence-corrected chi connectivity index (χ2v) is 4.49. The minimum absolute atomic E-state index is 0.760. The van der Waals surface area contributed by atoms with Crippen molar-refractivity contribution in [1.29, 1.82) is 0 Å². The van der Waals surface area contributed by atoms with E-state index >= 15 is 0 Å². The first-order valence-corrected chi connectivity index (χ1v) is 5.93. The number of rotatable bonds is 3. The third-order valence-corrected chi connectivity index (χ3v) is 3.00. The van der Waals surface area contributed by atoms with Gasteiger partial charge in [0, 0.05) is 24.3 Å². The summed E-state index contributed by atoms with van der Waals surface area (Å²) < 4.78 is 0. The molecule has 2 nitrogen and oxygen atoms in total. The zero-order chi connectivity index (χ0) is 12.3. The molecule has 0 aliphatic rings. The minimum atomic E-state index is 0.760. The molecule has 0 amide bonds. The van der Waals surface area contributed by atoms with Crippen LogP contribution in [0.15, 0.2) is 42.5 Å². The number of nitrogens with zero attached hydrogens (tertiary/aromatic N) is 2. The number of hydrogen-bond donors (Lipinski definition) is 0. The van der Waals surface area contributed by atoms with Gasteiger partial charge in [-0.25, -0.2) is 4.98 Å². The molecule has 0 unspecified atom stereocenters. The third kappa shape index (κ3) is 2.98. The van der Waals surface area contributed by atoms with Crippen LogP contribution >= 0.6 is 11.6 Å². The zero-order valence-electron chi connectivity index (χ0n) is 10.0. The van der Waals surface area contributed by atoms with E-state index in [2.05, 4.69) is 9.88 Å². The highest BCUT2D eigenvalue weighted by molar-refractivity contribution is 6.31. The Balaban J connectivity index is 2.17. The Hall–Kier alpha value is -1.54. The first kappa shape index (κ1) is 11.9. The maximum absolute atomic E-state index is 6.14. The van der Waals surface area contributed by atoms with Gasteiger partial charge in [-0.15, -0.1) is 0 Å².